The van der Waals surface area contributed by atoms with Gasteiger partial charge in [-0.3, -0.25) is 4.40 Å². The van der Waals surface area contributed by atoms with Gasteiger partial charge in [-0.05, 0) is 12.1 Å². The van der Waals surface area contributed by atoms with E-state index in [0.29, 0.717) is 0 Å². The summed E-state index contributed by atoms with van der Waals surface area (Å²) in [6.07, 6.45) is 4.03. The number of fused-ring (bicyclic) bond motifs is 1. The summed E-state index contributed by atoms with van der Waals surface area (Å²) in [6, 6.07) is 7.76. The highest BCUT2D eigenvalue weighted by atomic mass is 32.1. The number of hydrogen-bond acceptors (Lipinski definition) is 3. The number of hydrogen-bond donors (Lipinski definition) is 1. The molecule has 0 fully saturated rings. The molecule has 3 rings (SSSR count). The first kappa shape index (κ1) is 8.49. The largest absolute Gasteiger partial charge is 0.399 e. The van der Waals surface area contributed by atoms with Crippen LogP contribution in [0.5, 0.6) is 0 Å². The van der Waals surface area contributed by atoms with Gasteiger partial charge < -0.3 is 5.73 Å². The average Bonchev–Trinajstić information content (AvgIpc) is 2.78. The van der Waals surface area contributed by atoms with Crippen molar-refractivity contribution in [2.24, 2.45) is 0 Å². The van der Waals surface area contributed by atoms with Crippen LogP contribution in [0.4, 0.5) is 5.69 Å². The van der Waals surface area contributed by atoms with Crippen molar-refractivity contribution in [1.82, 2.24) is 9.38 Å². The topological polar surface area (TPSA) is 43.3 Å². The van der Waals surface area contributed by atoms with Gasteiger partial charge in [0.1, 0.15) is 0 Å². The van der Waals surface area contributed by atoms with E-state index in [0.717, 1.165) is 21.9 Å². The van der Waals surface area contributed by atoms with Gasteiger partial charge in [-0.25, -0.2) is 4.98 Å². The fraction of sp³-hybridized carbons (Fsp3) is 0. The molecular formula is C11H9N3S. The predicted octanol–water partition coefficient (Wildman–Crippen LogP) is 2.65. The third-order valence-electron chi connectivity index (χ3n) is 2.30. The minimum atomic E-state index is 0.778. The molecule has 0 aliphatic heterocycles. The van der Waals surface area contributed by atoms with Crippen LogP contribution in [0.3, 0.4) is 0 Å². The van der Waals surface area contributed by atoms with Crippen molar-refractivity contribution in [2.75, 3.05) is 5.73 Å². The molecule has 4 heteroatoms. The molecule has 0 unspecified atom stereocenters. The van der Waals surface area contributed by atoms with Gasteiger partial charge in [0.2, 0.25) is 0 Å². The first-order chi connectivity index (χ1) is 7.33. The Kier molecular flexibility index (Phi) is 1.76. The molecule has 2 heterocycles. The lowest BCUT2D eigenvalue weighted by atomic mass is 10.1. The Balaban J connectivity index is 2.13. The van der Waals surface area contributed by atoms with Crippen molar-refractivity contribution >= 4 is 22.0 Å². The molecule has 0 aliphatic carbocycles. The van der Waals surface area contributed by atoms with Gasteiger partial charge in [-0.15, -0.1) is 11.3 Å². The first-order valence-electron chi connectivity index (χ1n) is 4.61. The highest BCUT2D eigenvalue weighted by Crippen LogP contribution is 2.22. The number of aromatic nitrogens is 2. The number of thiazole rings is 1. The van der Waals surface area contributed by atoms with E-state index in [9.17, 15) is 0 Å². The van der Waals surface area contributed by atoms with E-state index in [4.69, 9.17) is 5.73 Å². The molecule has 0 aliphatic rings. The molecule has 2 N–H and O–H groups in total. The summed E-state index contributed by atoms with van der Waals surface area (Å²) in [5.74, 6) is 0. The number of rotatable bonds is 1. The van der Waals surface area contributed by atoms with Gasteiger partial charge >= 0.3 is 0 Å². The van der Waals surface area contributed by atoms with E-state index >= 15 is 0 Å². The van der Waals surface area contributed by atoms with E-state index in [1.54, 1.807) is 11.3 Å². The summed E-state index contributed by atoms with van der Waals surface area (Å²) in [7, 11) is 0. The summed E-state index contributed by atoms with van der Waals surface area (Å²) in [5, 5.41) is 2.02. The molecule has 0 saturated heterocycles. The summed E-state index contributed by atoms with van der Waals surface area (Å²) in [5.41, 5.74) is 8.50. The smallest absolute Gasteiger partial charge is 0.194 e. The average molecular weight is 215 g/mol. The van der Waals surface area contributed by atoms with Gasteiger partial charge in [-0.2, -0.15) is 0 Å². The van der Waals surface area contributed by atoms with Crippen LogP contribution in [0, 0.1) is 0 Å². The standard InChI is InChI=1S/C11H9N3S/c12-9-3-1-8(2-4-9)10-7-14-5-6-15-11(14)13-10/h1-7H,12H2. The second kappa shape index (κ2) is 3.10. The highest BCUT2D eigenvalue weighted by molar-refractivity contribution is 7.15. The second-order valence-corrected chi connectivity index (χ2v) is 4.21. The first-order valence-corrected chi connectivity index (χ1v) is 5.49. The number of imidazole rings is 1. The van der Waals surface area contributed by atoms with Gasteiger partial charge in [0, 0.05) is 29.0 Å². The molecule has 0 bridgehead atoms. The lowest BCUT2D eigenvalue weighted by Gasteiger charge is -1.96. The molecule has 1 aromatic carbocycles. The summed E-state index contributed by atoms with van der Waals surface area (Å²) in [4.78, 5) is 5.53. The molecule has 15 heavy (non-hydrogen) atoms. The van der Waals surface area contributed by atoms with E-state index in [1.807, 2.05) is 46.4 Å². The maximum absolute atomic E-state index is 5.64. The SMILES string of the molecule is Nc1ccc(-c2cn3ccsc3n2)cc1. The maximum atomic E-state index is 5.64. The molecule has 2 aromatic heterocycles. The molecular weight excluding hydrogens is 206 g/mol. The number of nitrogens with two attached hydrogens (primary N) is 1. The van der Waals surface area contributed by atoms with Crippen LogP contribution in [-0.2, 0) is 0 Å². The minimum Gasteiger partial charge on any atom is -0.399 e. The zero-order valence-electron chi connectivity index (χ0n) is 7.92. The lowest BCUT2D eigenvalue weighted by Crippen LogP contribution is -1.83. The minimum absolute atomic E-state index is 0.778. The molecule has 74 valence electrons. The fourth-order valence-electron chi connectivity index (χ4n) is 1.52. The molecule has 0 amide bonds. The summed E-state index contributed by atoms with van der Waals surface area (Å²) >= 11 is 1.63. The second-order valence-electron chi connectivity index (χ2n) is 3.34. The van der Waals surface area contributed by atoms with E-state index in [-0.39, 0.29) is 0 Å². The maximum Gasteiger partial charge on any atom is 0.194 e. The number of nitrogens with zero attached hydrogens (tertiary/aromatic N) is 2. The Hall–Kier alpha value is -1.81. The number of nitrogen functional groups attached to an aromatic ring is 1. The van der Waals surface area contributed by atoms with E-state index in [2.05, 4.69) is 4.98 Å². The van der Waals surface area contributed by atoms with Gasteiger partial charge in [0.05, 0.1) is 5.69 Å². The zero-order valence-corrected chi connectivity index (χ0v) is 8.74. The van der Waals surface area contributed by atoms with Gasteiger partial charge in [0.25, 0.3) is 0 Å². The molecule has 0 spiro atoms. The van der Waals surface area contributed by atoms with Crippen molar-refractivity contribution in [3.63, 3.8) is 0 Å². The Bertz CT molecular complexity index is 563. The number of benzene rings is 1. The van der Waals surface area contributed by atoms with Crippen LogP contribution < -0.4 is 5.73 Å². The summed E-state index contributed by atoms with van der Waals surface area (Å²) in [6.45, 7) is 0. The lowest BCUT2D eigenvalue weighted by molar-refractivity contribution is 1.23. The van der Waals surface area contributed by atoms with Crippen LogP contribution in [0.2, 0.25) is 0 Å². The predicted molar refractivity (Wildman–Crippen MR) is 62.9 cm³/mol. The Morgan fingerprint density at radius 2 is 2.00 bits per heavy atom. The third kappa shape index (κ3) is 1.39. The third-order valence-corrected chi connectivity index (χ3v) is 3.07. The Labute approximate surface area is 90.8 Å². The Morgan fingerprint density at radius 1 is 1.20 bits per heavy atom. The van der Waals surface area contributed by atoms with Crippen LogP contribution in [0.15, 0.2) is 42.0 Å². The molecule has 0 atom stereocenters. The number of anilines is 1. The molecule has 3 nitrogen and oxygen atoms in total. The molecule has 0 saturated carbocycles. The van der Waals surface area contributed by atoms with Crippen LogP contribution in [0.1, 0.15) is 0 Å². The monoisotopic (exact) mass is 215 g/mol. The zero-order chi connectivity index (χ0) is 10.3. The van der Waals surface area contributed by atoms with Crippen LogP contribution in [-0.4, -0.2) is 9.38 Å². The quantitative estimate of drug-likeness (QED) is 0.634. The molecule has 3 aromatic rings. The van der Waals surface area contributed by atoms with Crippen LogP contribution >= 0.6 is 11.3 Å². The van der Waals surface area contributed by atoms with Crippen molar-refractivity contribution in [1.29, 1.82) is 0 Å². The van der Waals surface area contributed by atoms with Gasteiger partial charge in [0.15, 0.2) is 4.96 Å². The fourth-order valence-corrected chi connectivity index (χ4v) is 2.22. The van der Waals surface area contributed by atoms with Gasteiger partial charge in [-0.1, -0.05) is 12.1 Å². The van der Waals surface area contributed by atoms with Crippen LogP contribution in [0.25, 0.3) is 16.2 Å². The van der Waals surface area contributed by atoms with E-state index in [1.165, 1.54) is 0 Å². The highest BCUT2D eigenvalue weighted by Gasteiger charge is 2.04. The molecule has 0 radical (unpaired) electrons. The van der Waals surface area contributed by atoms with E-state index < -0.39 is 0 Å². The van der Waals surface area contributed by atoms with Crippen molar-refractivity contribution in [3.05, 3.63) is 42.0 Å². The van der Waals surface area contributed by atoms with Crippen molar-refractivity contribution in [2.45, 2.75) is 0 Å². The Morgan fingerprint density at radius 3 is 2.73 bits per heavy atom. The van der Waals surface area contributed by atoms with Crippen molar-refractivity contribution in [3.8, 4) is 11.3 Å². The van der Waals surface area contributed by atoms with Crippen molar-refractivity contribution < 1.29 is 0 Å². The summed E-state index contributed by atoms with van der Waals surface area (Å²) < 4.78 is 2.02. The normalized spacial score (nSPS) is 10.9.